The second-order valence-corrected chi connectivity index (χ2v) is 6.45. The van der Waals surface area contributed by atoms with Gasteiger partial charge in [0, 0.05) is 5.02 Å². The molecule has 3 N–H and O–H groups in total. The summed E-state index contributed by atoms with van der Waals surface area (Å²) in [6.45, 7) is 0. The summed E-state index contributed by atoms with van der Waals surface area (Å²) in [6.07, 6.45) is 0.810. The third-order valence-electron chi connectivity index (χ3n) is 4.46. The van der Waals surface area contributed by atoms with Crippen LogP contribution in [0.25, 0.3) is 0 Å². The van der Waals surface area contributed by atoms with Crippen LogP contribution >= 0.6 is 11.6 Å². The number of benzene rings is 2. The average Bonchev–Trinajstić information content (AvgIpc) is 3.01. The predicted molar refractivity (Wildman–Crippen MR) is 98.0 cm³/mol. The summed E-state index contributed by atoms with van der Waals surface area (Å²) in [5.41, 5.74) is 8.08. The van der Waals surface area contributed by atoms with E-state index in [1.54, 1.807) is 7.11 Å². The van der Waals surface area contributed by atoms with Crippen LogP contribution in [0.4, 0.5) is 11.9 Å². The van der Waals surface area contributed by atoms with E-state index in [-0.39, 0.29) is 18.0 Å². The Morgan fingerprint density at radius 2 is 2.00 bits per heavy atom. The van der Waals surface area contributed by atoms with Crippen LogP contribution in [0.3, 0.4) is 0 Å². The van der Waals surface area contributed by atoms with Gasteiger partial charge >= 0.3 is 0 Å². The van der Waals surface area contributed by atoms with E-state index < -0.39 is 0 Å². The van der Waals surface area contributed by atoms with Crippen molar-refractivity contribution in [2.45, 2.75) is 18.5 Å². The molecule has 0 amide bonds. The van der Waals surface area contributed by atoms with Gasteiger partial charge in [0.1, 0.15) is 5.75 Å². The van der Waals surface area contributed by atoms with E-state index in [9.17, 15) is 0 Å². The molecule has 0 radical (unpaired) electrons. The third kappa shape index (κ3) is 3.00. The minimum absolute atomic E-state index is 0.0110. The molecule has 2 atom stereocenters. The van der Waals surface area contributed by atoms with E-state index in [0.717, 1.165) is 28.3 Å². The van der Waals surface area contributed by atoms with E-state index in [1.165, 1.54) is 0 Å². The zero-order valence-electron chi connectivity index (χ0n) is 13.7. The molecule has 0 saturated carbocycles. The van der Waals surface area contributed by atoms with Crippen molar-refractivity contribution in [2.24, 2.45) is 0 Å². The summed E-state index contributed by atoms with van der Waals surface area (Å²) < 4.78 is 7.21. The zero-order valence-corrected chi connectivity index (χ0v) is 14.4. The zero-order chi connectivity index (χ0) is 17.4. The quantitative estimate of drug-likeness (QED) is 0.749. The number of nitrogen functional groups attached to an aromatic ring is 1. The van der Waals surface area contributed by atoms with Crippen molar-refractivity contribution in [3.8, 4) is 5.75 Å². The highest BCUT2D eigenvalue weighted by Crippen LogP contribution is 2.38. The molecule has 0 aliphatic carbocycles. The summed E-state index contributed by atoms with van der Waals surface area (Å²) in [5.74, 6) is 1.73. The molecule has 0 spiro atoms. The molecule has 0 bridgehead atoms. The number of anilines is 2. The molecule has 128 valence electrons. The molecule has 3 aromatic rings. The highest BCUT2D eigenvalue weighted by Gasteiger charge is 2.31. The van der Waals surface area contributed by atoms with E-state index in [1.807, 2.05) is 47.1 Å². The Kier molecular flexibility index (Phi) is 3.97. The van der Waals surface area contributed by atoms with Crippen molar-refractivity contribution in [2.75, 3.05) is 18.2 Å². The van der Waals surface area contributed by atoms with Gasteiger partial charge in [0.15, 0.2) is 0 Å². The van der Waals surface area contributed by atoms with Crippen molar-refractivity contribution >= 4 is 23.5 Å². The lowest BCUT2D eigenvalue weighted by atomic mass is 9.93. The molecule has 7 heteroatoms. The first kappa shape index (κ1) is 15.8. The van der Waals surface area contributed by atoms with Crippen molar-refractivity contribution < 1.29 is 4.74 Å². The molecular formula is C18H18ClN5O. The predicted octanol–water partition coefficient (Wildman–Crippen LogP) is 3.67. The lowest BCUT2D eigenvalue weighted by Crippen LogP contribution is -2.28. The Labute approximate surface area is 150 Å². The summed E-state index contributed by atoms with van der Waals surface area (Å²) in [7, 11) is 1.66. The number of nitrogens with one attached hydrogen (secondary N) is 1. The van der Waals surface area contributed by atoms with Gasteiger partial charge in [0.25, 0.3) is 0 Å². The average molecular weight is 356 g/mol. The van der Waals surface area contributed by atoms with Crippen molar-refractivity contribution in [1.82, 2.24) is 14.8 Å². The number of methoxy groups -OCH3 is 1. The minimum atomic E-state index is 0.0110. The maximum Gasteiger partial charge on any atom is 0.241 e. The Bertz CT molecular complexity index is 893. The molecule has 1 aromatic heterocycles. The van der Waals surface area contributed by atoms with Crippen LogP contribution in [0.15, 0.2) is 48.5 Å². The van der Waals surface area contributed by atoms with Gasteiger partial charge < -0.3 is 15.8 Å². The lowest BCUT2D eigenvalue weighted by Gasteiger charge is -2.31. The van der Waals surface area contributed by atoms with Crippen LogP contribution in [-0.2, 0) is 0 Å². The van der Waals surface area contributed by atoms with Gasteiger partial charge in [-0.05, 0) is 41.8 Å². The van der Waals surface area contributed by atoms with Gasteiger partial charge in [0.2, 0.25) is 11.9 Å². The van der Waals surface area contributed by atoms with Gasteiger partial charge in [-0.3, -0.25) is 0 Å². The number of fused-ring (bicyclic) bond motifs is 1. The monoisotopic (exact) mass is 355 g/mol. The largest absolute Gasteiger partial charge is 0.497 e. The van der Waals surface area contributed by atoms with Gasteiger partial charge in [-0.1, -0.05) is 35.9 Å². The Morgan fingerprint density at radius 1 is 1.20 bits per heavy atom. The number of rotatable bonds is 3. The second-order valence-electron chi connectivity index (χ2n) is 6.01. The van der Waals surface area contributed by atoms with Gasteiger partial charge in [0.05, 0.1) is 19.2 Å². The Balaban J connectivity index is 1.75. The van der Waals surface area contributed by atoms with Crippen LogP contribution in [0.2, 0.25) is 5.02 Å². The summed E-state index contributed by atoms with van der Waals surface area (Å²) in [4.78, 5) is 4.32. The molecule has 6 nitrogen and oxygen atoms in total. The standard InChI is InChI=1S/C18H18ClN5O/c1-25-14-4-2-3-12(9-14)16-10-15(11-5-7-13(19)8-6-11)21-18-22-17(20)23-24(16)18/h2-9,15-16H,10H2,1H3,(H3,20,21,22,23)/t15-,16-/m1/s1. The topological polar surface area (TPSA) is 78.0 Å². The molecule has 0 fully saturated rings. The van der Waals surface area contributed by atoms with Crippen LogP contribution in [0.5, 0.6) is 5.75 Å². The molecule has 0 saturated heterocycles. The highest BCUT2D eigenvalue weighted by atomic mass is 35.5. The molecule has 2 aromatic carbocycles. The number of hydrogen-bond donors (Lipinski definition) is 2. The van der Waals surface area contributed by atoms with E-state index in [4.69, 9.17) is 22.1 Å². The number of aromatic nitrogens is 3. The first-order valence-electron chi connectivity index (χ1n) is 8.02. The van der Waals surface area contributed by atoms with Crippen LogP contribution < -0.4 is 15.8 Å². The van der Waals surface area contributed by atoms with Gasteiger partial charge in [-0.15, -0.1) is 5.10 Å². The SMILES string of the molecule is COc1cccc([C@H]2C[C@H](c3ccc(Cl)cc3)Nc3nc(N)nn32)c1. The maximum absolute atomic E-state index is 6.02. The molecule has 0 unspecified atom stereocenters. The Morgan fingerprint density at radius 3 is 2.76 bits per heavy atom. The number of hydrogen-bond acceptors (Lipinski definition) is 5. The highest BCUT2D eigenvalue weighted by molar-refractivity contribution is 6.30. The van der Waals surface area contributed by atoms with E-state index in [2.05, 4.69) is 21.5 Å². The summed E-state index contributed by atoms with van der Waals surface area (Å²) in [6, 6.07) is 15.9. The number of ether oxygens (including phenoxy) is 1. The first-order chi connectivity index (χ1) is 12.1. The van der Waals surface area contributed by atoms with Gasteiger partial charge in [-0.2, -0.15) is 4.98 Å². The first-order valence-corrected chi connectivity index (χ1v) is 8.40. The molecule has 2 heterocycles. The van der Waals surface area contributed by atoms with Crippen LogP contribution in [-0.4, -0.2) is 21.9 Å². The molecular weight excluding hydrogens is 338 g/mol. The number of nitrogens with zero attached hydrogens (tertiary/aromatic N) is 3. The summed E-state index contributed by atoms with van der Waals surface area (Å²) in [5, 5.41) is 8.50. The normalized spacial score (nSPS) is 19.1. The smallest absolute Gasteiger partial charge is 0.241 e. The van der Waals surface area contributed by atoms with Crippen LogP contribution in [0.1, 0.15) is 29.6 Å². The Hall–Kier alpha value is -2.73. The van der Waals surface area contributed by atoms with E-state index >= 15 is 0 Å². The third-order valence-corrected chi connectivity index (χ3v) is 4.71. The van der Waals surface area contributed by atoms with Crippen LogP contribution in [0, 0.1) is 0 Å². The fraction of sp³-hybridized carbons (Fsp3) is 0.222. The fourth-order valence-electron chi connectivity index (χ4n) is 3.23. The lowest BCUT2D eigenvalue weighted by molar-refractivity contribution is 0.407. The van der Waals surface area contributed by atoms with Crippen molar-refractivity contribution in [3.05, 3.63) is 64.7 Å². The number of halogens is 1. The van der Waals surface area contributed by atoms with Crippen molar-refractivity contribution in [1.29, 1.82) is 0 Å². The number of nitrogens with two attached hydrogens (primary N) is 1. The molecule has 25 heavy (non-hydrogen) atoms. The van der Waals surface area contributed by atoms with Crippen molar-refractivity contribution in [3.63, 3.8) is 0 Å². The molecule has 1 aliphatic heterocycles. The second kappa shape index (κ2) is 6.29. The molecule has 1 aliphatic rings. The van der Waals surface area contributed by atoms with Gasteiger partial charge in [-0.25, -0.2) is 4.68 Å². The minimum Gasteiger partial charge on any atom is -0.497 e. The fourth-order valence-corrected chi connectivity index (χ4v) is 3.36. The maximum atomic E-state index is 6.02. The van der Waals surface area contributed by atoms with E-state index in [0.29, 0.717) is 5.95 Å². The summed E-state index contributed by atoms with van der Waals surface area (Å²) >= 11 is 6.02. The molecule has 4 rings (SSSR count).